The van der Waals surface area contributed by atoms with Crippen LogP contribution in [0.1, 0.15) is 13.3 Å². The van der Waals surface area contributed by atoms with Gasteiger partial charge in [0.2, 0.25) is 0 Å². The minimum atomic E-state index is 0.400. The van der Waals surface area contributed by atoms with Crippen LogP contribution in [0.2, 0.25) is 0 Å². The van der Waals surface area contributed by atoms with Crippen LogP contribution in [-0.2, 0) is 9.47 Å². The molecule has 66 valence electrons. The van der Waals surface area contributed by atoms with E-state index in [0.29, 0.717) is 6.04 Å². The van der Waals surface area contributed by atoms with Crippen LogP contribution >= 0.6 is 0 Å². The summed E-state index contributed by atoms with van der Waals surface area (Å²) in [7, 11) is 0. The van der Waals surface area contributed by atoms with E-state index in [1.807, 2.05) is 0 Å². The molecule has 0 unspecified atom stereocenters. The van der Waals surface area contributed by atoms with E-state index in [9.17, 15) is 0 Å². The van der Waals surface area contributed by atoms with E-state index in [1.54, 1.807) is 0 Å². The Morgan fingerprint density at radius 1 is 1.27 bits per heavy atom. The molecular formula is C8H17NO2. The third-order valence-corrected chi connectivity index (χ3v) is 1.69. The summed E-state index contributed by atoms with van der Waals surface area (Å²) in [4.78, 5) is 0. The summed E-state index contributed by atoms with van der Waals surface area (Å²) in [6.45, 7) is 6.28. The fourth-order valence-corrected chi connectivity index (χ4v) is 1.08. The zero-order valence-corrected chi connectivity index (χ0v) is 7.14. The summed E-state index contributed by atoms with van der Waals surface area (Å²) in [5.74, 6) is 0. The van der Waals surface area contributed by atoms with Crippen molar-refractivity contribution in [1.82, 2.24) is 5.32 Å². The van der Waals surface area contributed by atoms with Gasteiger partial charge in [-0.3, -0.25) is 0 Å². The summed E-state index contributed by atoms with van der Waals surface area (Å²) in [6.07, 6.45) is 1.16. The van der Waals surface area contributed by atoms with E-state index in [-0.39, 0.29) is 0 Å². The molecule has 1 heterocycles. The number of hydrogen-bond donors (Lipinski definition) is 1. The second kappa shape index (κ2) is 5.52. The first kappa shape index (κ1) is 8.97. The highest BCUT2D eigenvalue weighted by Crippen LogP contribution is 1.94. The highest BCUT2D eigenvalue weighted by atomic mass is 16.5. The molecule has 1 saturated heterocycles. The van der Waals surface area contributed by atoms with Crippen molar-refractivity contribution < 1.29 is 9.47 Å². The molecule has 1 fully saturated rings. The zero-order valence-electron chi connectivity index (χ0n) is 7.14. The first-order valence-corrected chi connectivity index (χ1v) is 4.32. The molecule has 1 aliphatic rings. The lowest BCUT2D eigenvalue weighted by Gasteiger charge is -2.13. The smallest absolute Gasteiger partial charge is 0.0701 e. The monoisotopic (exact) mass is 159 g/mol. The molecule has 0 aromatic carbocycles. The van der Waals surface area contributed by atoms with Crippen molar-refractivity contribution in [3.05, 3.63) is 0 Å². The molecule has 0 bridgehead atoms. The second-order valence-electron chi connectivity index (χ2n) is 2.80. The molecule has 0 saturated carbocycles. The normalized spacial score (nSPS) is 21.5. The van der Waals surface area contributed by atoms with Crippen LogP contribution in [0.4, 0.5) is 0 Å². The molecule has 1 N–H and O–H groups in total. The Morgan fingerprint density at radius 2 is 1.91 bits per heavy atom. The minimum Gasteiger partial charge on any atom is -0.377 e. The van der Waals surface area contributed by atoms with Gasteiger partial charge in [-0.05, 0) is 13.0 Å². The molecule has 1 rings (SSSR count). The summed E-state index contributed by atoms with van der Waals surface area (Å²) in [6, 6.07) is 0.400. The van der Waals surface area contributed by atoms with Gasteiger partial charge >= 0.3 is 0 Å². The number of hydrogen-bond acceptors (Lipinski definition) is 3. The fourth-order valence-electron chi connectivity index (χ4n) is 1.08. The predicted octanol–water partition coefficient (Wildman–Crippen LogP) is 0.401. The molecule has 0 aliphatic carbocycles. The predicted molar refractivity (Wildman–Crippen MR) is 43.7 cm³/mol. The van der Waals surface area contributed by atoms with Gasteiger partial charge in [-0.15, -0.1) is 0 Å². The quantitative estimate of drug-likeness (QED) is 0.646. The number of rotatable bonds is 3. The maximum absolute atomic E-state index is 5.32. The standard InChI is InChI=1S/C8H17NO2/c1-2-3-9-8-6-10-4-5-11-7-8/h8-9H,2-7H2,1H3. The Morgan fingerprint density at radius 3 is 2.45 bits per heavy atom. The van der Waals surface area contributed by atoms with Crippen molar-refractivity contribution >= 4 is 0 Å². The Bertz CT molecular complexity index is 90.1. The highest BCUT2D eigenvalue weighted by molar-refractivity contribution is 4.66. The molecule has 11 heavy (non-hydrogen) atoms. The lowest BCUT2D eigenvalue weighted by molar-refractivity contribution is 0.103. The molecular weight excluding hydrogens is 142 g/mol. The van der Waals surface area contributed by atoms with Crippen LogP contribution in [-0.4, -0.2) is 39.0 Å². The number of nitrogens with one attached hydrogen (secondary N) is 1. The van der Waals surface area contributed by atoms with Crippen molar-refractivity contribution in [2.75, 3.05) is 33.0 Å². The van der Waals surface area contributed by atoms with E-state index in [4.69, 9.17) is 9.47 Å². The lowest BCUT2D eigenvalue weighted by Crippen LogP contribution is -2.36. The average Bonchev–Trinajstić information content (AvgIpc) is 2.28. The van der Waals surface area contributed by atoms with Crippen LogP contribution in [0.3, 0.4) is 0 Å². The largest absolute Gasteiger partial charge is 0.377 e. The maximum Gasteiger partial charge on any atom is 0.0701 e. The van der Waals surface area contributed by atoms with Crippen LogP contribution in [0.15, 0.2) is 0 Å². The van der Waals surface area contributed by atoms with Gasteiger partial charge in [0.05, 0.1) is 32.5 Å². The zero-order chi connectivity index (χ0) is 7.94. The van der Waals surface area contributed by atoms with E-state index in [2.05, 4.69) is 12.2 Å². The molecule has 1 aliphatic heterocycles. The molecule has 0 radical (unpaired) electrons. The molecule has 0 amide bonds. The third-order valence-electron chi connectivity index (χ3n) is 1.69. The van der Waals surface area contributed by atoms with E-state index in [0.717, 1.165) is 39.4 Å². The van der Waals surface area contributed by atoms with Crippen molar-refractivity contribution in [3.63, 3.8) is 0 Å². The van der Waals surface area contributed by atoms with Gasteiger partial charge in [0.15, 0.2) is 0 Å². The Hall–Kier alpha value is -0.120. The summed E-state index contributed by atoms with van der Waals surface area (Å²) in [5, 5.41) is 3.36. The van der Waals surface area contributed by atoms with E-state index >= 15 is 0 Å². The highest BCUT2D eigenvalue weighted by Gasteiger charge is 2.10. The number of ether oxygens (including phenoxy) is 2. The first-order valence-electron chi connectivity index (χ1n) is 4.32. The van der Waals surface area contributed by atoms with Gasteiger partial charge in [0.1, 0.15) is 0 Å². The third kappa shape index (κ3) is 3.70. The minimum absolute atomic E-state index is 0.400. The molecule has 0 spiro atoms. The van der Waals surface area contributed by atoms with Crippen molar-refractivity contribution in [2.24, 2.45) is 0 Å². The molecule has 0 atom stereocenters. The lowest BCUT2D eigenvalue weighted by atomic mass is 10.3. The van der Waals surface area contributed by atoms with Gasteiger partial charge in [-0.1, -0.05) is 6.92 Å². The van der Waals surface area contributed by atoms with Gasteiger partial charge in [0, 0.05) is 0 Å². The van der Waals surface area contributed by atoms with Crippen molar-refractivity contribution in [2.45, 2.75) is 19.4 Å². The van der Waals surface area contributed by atoms with E-state index < -0.39 is 0 Å². The Kier molecular flexibility index (Phi) is 4.50. The van der Waals surface area contributed by atoms with Gasteiger partial charge in [-0.25, -0.2) is 0 Å². The van der Waals surface area contributed by atoms with Gasteiger partial charge in [0.25, 0.3) is 0 Å². The first-order chi connectivity index (χ1) is 5.43. The summed E-state index contributed by atoms with van der Waals surface area (Å²) < 4.78 is 10.6. The van der Waals surface area contributed by atoms with Crippen molar-refractivity contribution in [1.29, 1.82) is 0 Å². The van der Waals surface area contributed by atoms with Crippen molar-refractivity contribution in [3.8, 4) is 0 Å². The molecule has 0 aromatic rings. The van der Waals surface area contributed by atoms with Gasteiger partial charge in [-0.2, -0.15) is 0 Å². The average molecular weight is 159 g/mol. The van der Waals surface area contributed by atoms with Crippen LogP contribution in [0.5, 0.6) is 0 Å². The summed E-state index contributed by atoms with van der Waals surface area (Å²) >= 11 is 0. The van der Waals surface area contributed by atoms with E-state index in [1.165, 1.54) is 0 Å². The fraction of sp³-hybridized carbons (Fsp3) is 1.00. The van der Waals surface area contributed by atoms with Crippen LogP contribution in [0, 0.1) is 0 Å². The topological polar surface area (TPSA) is 30.5 Å². The second-order valence-corrected chi connectivity index (χ2v) is 2.80. The Labute approximate surface area is 68.1 Å². The molecule has 3 heteroatoms. The Balaban J connectivity index is 2.09. The maximum atomic E-state index is 5.32. The SMILES string of the molecule is CCCNC1COCCOC1. The molecule has 3 nitrogen and oxygen atoms in total. The van der Waals surface area contributed by atoms with Crippen LogP contribution in [0.25, 0.3) is 0 Å². The van der Waals surface area contributed by atoms with Crippen LogP contribution < -0.4 is 5.32 Å². The molecule has 0 aromatic heterocycles. The summed E-state index contributed by atoms with van der Waals surface area (Å²) in [5.41, 5.74) is 0. The van der Waals surface area contributed by atoms with Gasteiger partial charge < -0.3 is 14.8 Å².